The second-order valence-electron chi connectivity index (χ2n) is 3.76. The van der Waals surface area contributed by atoms with Crippen LogP contribution in [-0.4, -0.2) is 4.98 Å². The summed E-state index contributed by atoms with van der Waals surface area (Å²) in [6, 6.07) is 8.66. The fraction of sp³-hybridized carbons (Fsp3) is 0.250. The minimum atomic E-state index is 0.581. The van der Waals surface area contributed by atoms with Crippen LogP contribution in [0.15, 0.2) is 30.5 Å². The molecule has 72 valence electrons. The molecule has 1 aromatic heterocycles. The molecule has 1 heterocycles. The van der Waals surface area contributed by atoms with Gasteiger partial charge < -0.3 is 0 Å². The second-order valence-corrected chi connectivity index (χ2v) is 5.01. The van der Waals surface area contributed by atoms with E-state index in [1.165, 1.54) is 14.5 Å². The Morgan fingerprint density at radius 1 is 1.21 bits per heavy atom. The number of pyridine rings is 1. The summed E-state index contributed by atoms with van der Waals surface area (Å²) >= 11 is 2.29. The first-order valence-corrected chi connectivity index (χ1v) is 5.80. The minimum Gasteiger partial charge on any atom is -0.255 e. The molecule has 2 heteroatoms. The van der Waals surface area contributed by atoms with E-state index in [4.69, 9.17) is 0 Å². The fourth-order valence-corrected chi connectivity index (χ4v) is 1.96. The zero-order valence-corrected chi connectivity index (χ0v) is 10.4. The van der Waals surface area contributed by atoms with Gasteiger partial charge in [0.15, 0.2) is 0 Å². The fourth-order valence-electron chi connectivity index (χ4n) is 1.48. The Hall–Kier alpha value is -0.640. The number of hydrogen-bond acceptors (Lipinski definition) is 1. The molecule has 0 aliphatic heterocycles. The van der Waals surface area contributed by atoms with E-state index in [2.05, 4.69) is 65.7 Å². The highest BCUT2D eigenvalue weighted by Crippen LogP contribution is 2.21. The van der Waals surface area contributed by atoms with Gasteiger partial charge in [-0.1, -0.05) is 19.9 Å². The van der Waals surface area contributed by atoms with Crippen molar-refractivity contribution in [1.29, 1.82) is 0 Å². The molecule has 0 saturated carbocycles. The van der Waals surface area contributed by atoms with E-state index in [-0.39, 0.29) is 0 Å². The predicted octanol–water partition coefficient (Wildman–Crippen LogP) is 3.96. The Balaban J connectivity index is 2.63. The van der Waals surface area contributed by atoms with E-state index in [0.717, 1.165) is 5.52 Å². The van der Waals surface area contributed by atoms with Crippen LogP contribution in [0.4, 0.5) is 0 Å². The molecule has 0 spiro atoms. The summed E-state index contributed by atoms with van der Waals surface area (Å²) < 4.78 is 1.19. The van der Waals surface area contributed by atoms with Crippen molar-refractivity contribution in [3.05, 3.63) is 39.6 Å². The van der Waals surface area contributed by atoms with Gasteiger partial charge in [0, 0.05) is 15.2 Å². The van der Waals surface area contributed by atoms with Crippen LogP contribution in [0.2, 0.25) is 0 Å². The van der Waals surface area contributed by atoms with Crippen LogP contribution in [0.1, 0.15) is 25.3 Å². The van der Waals surface area contributed by atoms with Crippen LogP contribution < -0.4 is 0 Å². The highest BCUT2D eigenvalue weighted by atomic mass is 127. The quantitative estimate of drug-likeness (QED) is 0.726. The lowest BCUT2D eigenvalue weighted by Gasteiger charge is -2.06. The van der Waals surface area contributed by atoms with Gasteiger partial charge in [0.2, 0.25) is 0 Å². The van der Waals surface area contributed by atoms with Crippen LogP contribution in [0.3, 0.4) is 0 Å². The van der Waals surface area contributed by atoms with Crippen LogP contribution in [0.25, 0.3) is 10.9 Å². The van der Waals surface area contributed by atoms with Crippen LogP contribution in [0, 0.1) is 3.57 Å². The van der Waals surface area contributed by atoms with Gasteiger partial charge in [-0.25, -0.2) is 0 Å². The van der Waals surface area contributed by atoms with E-state index < -0.39 is 0 Å². The molecule has 0 unspecified atom stereocenters. The molecule has 0 saturated heterocycles. The van der Waals surface area contributed by atoms with Gasteiger partial charge in [-0.3, -0.25) is 4.98 Å². The number of aromatic nitrogens is 1. The van der Waals surface area contributed by atoms with Crippen LogP contribution >= 0.6 is 22.6 Å². The van der Waals surface area contributed by atoms with Gasteiger partial charge in [0.25, 0.3) is 0 Å². The molecule has 0 amide bonds. The lowest BCUT2D eigenvalue weighted by atomic mass is 10.0. The number of hydrogen-bond donors (Lipinski definition) is 0. The standard InChI is InChI=1S/C12H12IN/c1-8(2)9-3-4-12-10(5-9)6-11(13)7-14-12/h3-8H,1-2H3. The van der Waals surface area contributed by atoms with Crippen molar-refractivity contribution in [2.45, 2.75) is 19.8 Å². The van der Waals surface area contributed by atoms with E-state index in [0.29, 0.717) is 5.92 Å². The third-order valence-electron chi connectivity index (χ3n) is 2.34. The molecule has 2 rings (SSSR count). The lowest BCUT2D eigenvalue weighted by Crippen LogP contribution is -1.88. The molecule has 14 heavy (non-hydrogen) atoms. The molecule has 1 aromatic carbocycles. The topological polar surface area (TPSA) is 12.9 Å². The zero-order valence-electron chi connectivity index (χ0n) is 8.29. The van der Waals surface area contributed by atoms with Crippen molar-refractivity contribution >= 4 is 33.5 Å². The van der Waals surface area contributed by atoms with E-state index in [9.17, 15) is 0 Å². The summed E-state index contributed by atoms with van der Waals surface area (Å²) in [5.41, 5.74) is 2.45. The molecule has 0 atom stereocenters. The number of rotatable bonds is 1. The normalized spacial score (nSPS) is 11.1. The van der Waals surface area contributed by atoms with Gasteiger partial charge in [-0.05, 0) is 52.3 Å². The largest absolute Gasteiger partial charge is 0.255 e. The smallest absolute Gasteiger partial charge is 0.0702 e. The van der Waals surface area contributed by atoms with Crippen LogP contribution in [0.5, 0.6) is 0 Å². The Morgan fingerprint density at radius 3 is 2.71 bits per heavy atom. The van der Waals surface area contributed by atoms with Crippen molar-refractivity contribution in [2.75, 3.05) is 0 Å². The third kappa shape index (κ3) is 1.90. The lowest BCUT2D eigenvalue weighted by molar-refractivity contribution is 0.868. The molecular formula is C12H12IN. The average molecular weight is 297 g/mol. The van der Waals surface area contributed by atoms with E-state index in [1.807, 2.05) is 6.20 Å². The highest BCUT2D eigenvalue weighted by Gasteiger charge is 2.01. The second kappa shape index (κ2) is 3.85. The number of benzene rings is 1. The molecule has 0 fully saturated rings. The SMILES string of the molecule is CC(C)c1ccc2ncc(I)cc2c1. The van der Waals surface area contributed by atoms with Gasteiger partial charge in [-0.2, -0.15) is 0 Å². The first-order chi connectivity index (χ1) is 6.66. The van der Waals surface area contributed by atoms with Gasteiger partial charge in [-0.15, -0.1) is 0 Å². The Morgan fingerprint density at radius 2 is 2.00 bits per heavy atom. The molecule has 0 radical (unpaired) electrons. The molecule has 1 nitrogen and oxygen atoms in total. The summed E-state index contributed by atoms with van der Waals surface area (Å²) in [7, 11) is 0. The number of halogens is 1. The zero-order chi connectivity index (χ0) is 10.1. The molecule has 0 N–H and O–H groups in total. The highest BCUT2D eigenvalue weighted by molar-refractivity contribution is 14.1. The molecule has 0 aliphatic rings. The van der Waals surface area contributed by atoms with Crippen molar-refractivity contribution in [2.24, 2.45) is 0 Å². The Labute approximate surface area is 97.7 Å². The van der Waals surface area contributed by atoms with Gasteiger partial charge in [0.1, 0.15) is 0 Å². The molecule has 0 aliphatic carbocycles. The Bertz CT molecular complexity index is 463. The summed E-state index contributed by atoms with van der Waals surface area (Å²) in [6.07, 6.45) is 1.90. The minimum absolute atomic E-state index is 0.581. The first-order valence-electron chi connectivity index (χ1n) is 4.72. The number of fused-ring (bicyclic) bond motifs is 1. The maximum Gasteiger partial charge on any atom is 0.0702 e. The van der Waals surface area contributed by atoms with Crippen molar-refractivity contribution in [3.8, 4) is 0 Å². The van der Waals surface area contributed by atoms with Crippen LogP contribution in [-0.2, 0) is 0 Å². The van der Waals surface area contributed by atoms with E-state index >= 15 is 0 Å². The summed E-state index contributed by atoms with van der Waals surface area (Å²) in [4.78, 5) is 4.37. The predicted molar refractivity (Wildman–Crippen MR) is 68.5 cm³/mol. The van der Waals surface area contributed by atoms with Crippen molar-refractivity contribution in [1.82, 2.24) is 4.98 Å². The van der Waals surface area contributed by atoms with Gasteiger partial charge >= 0.3 is 0 Å². The average Bonchev–Trinajstić information content (AvgIpc) is 2.16. The third-order valence-corrected chi connectivity index (χ3v) is 2.93. The van der Waals surface area contributed by atoms with Crippen molar-refractivity contribution in [3.63, 3.8) is 0 Å². The molecule has 2 aromatic rings. The maximum absolute atomic E-state index is 4.37. The van der Waals surface area contributed by atoms with Gasteiger partial charge in [0.05, 0.1) is 5.52 Å². The first kappa shape index (κ1) is 9.90. The summed E-state index contributed by atoms with van der Waals surface area (Å²) in [5.74, 6) is 0.581. The van der Waals surface area contributed by atoms with E-state index in [1.54, 1.807) is 0 Å². The maximum atomic E-state index is 4.37. The summed E-state index contributed by atoms with van der Waals surface area (Å²) in [6.45, 7) is 4.42. The molecular weight excluding hydrogens is 285 g/mol. The number of nitrogens with zero attached hydrogens (tertiary/aromatic N) is 1. The molecule has 0 bridgehead atoms. The summed E-state index contributed by atoms with van der Waals surface area (Å²) in [5, 5.41) is 1.24. The monoisotopic (exact) mass is 297 g/mol. The van der Waals surface area contributed by atoms with Crippen molar-refractivity contribution < 1.29 is 0 Å². The Kier molecular flexibility index (Phi) is 2.72.